The Morgan fingerprint density at radius 1 is 1.10 bits per heavy atom. The van der Waals surface area contributed by atoms with Crippen LogP contribution >= 0.6 is 15.9 Å². The number of nitrogens with zero attached hydrogens (tertiary/aromatic N) is 1. The second-order valence-electron chi connectivity index (χ2n) is 7.95. The predicted octanol–water partition coefficient (Wildman–Crippen LogP) is 5.17. The molecule has 2 rings (SSSR count). The number of nitrogens with one attached hydrogen (secondary N) is 1. The van der Waals surface area contributed by atoms with E-state index in [9.17, 15) is 9.59 Å². The Labute approximate surface area is 194 Å². The van der Waals surface area contributed by atoms with Crippen LogP contribution in [-0.4, -0.2) is 35.4 Å². The van der Waals surface area contributed by atoms with E-state index in [-0.39, 0.29) is 24.5 Å². The zero-order chi connectivity index (χ0) is 23.0. The van der Waals surface area contributed by atoms with E-state index in [1.54, 1.807) is 4.90 Å². The fraction of sp³-hybridized carbons (Fsp3) is 0.440. The summed E-state index contributed by atoms with van der Waals surface area (Å²) in [6.45, 7) is 10.1. The third-order valence-corrected chi connectivity index (χ3v) is 6.20. The Morgan fingerprint density at radius 2 is 1.84 bits per heavy atom. The summed E-state index contributed by atoms with van der Waals surface area (Å²) in [5, 5.41) is 3.02. The molecule has 2 amide bonds. The summed E-state index contributed by atoms with van der Waals surface area (Å²) < 4.78 is 6.77. The van der Waals surface area contributed by atoms with Gasteiger partial charge in [-0.3, -0.25) is 9.59 Å². The van der Waals surface area contributed by atoms with Gasteiger partial charge >= 0.3 is 0 Å². The van der Waals surface area contributed by atoms with Crippen molar-refractivity contribution < 1.29 is 14.3 Å². The molecule has 0 radical (unpaired) electrons. The number of rotatable bonds is 10. The van der Waals surface area contributed by atoms with Crippen molar-refractivity contribution in [3.8, 4) is 5.75 Å². The van der Waals surface area contributed by atoms with Crippen molar-refractivity contribution in [3.05, 3.63) is 63.6 Å². The fourth-order valence-corrected chi connectivity index (χ4v) is 3.55. The molecule has 0 aliphatic carbocycles. The standard InChI is InChI=1S/C25H33BrN2O3/c1-6-19(5)27-25(30)23(7-2)28(15-20-10-8-9-17(3)13-20)24(29)16-31-21-11-12-22(26)18(4)14-21/h8-14,19,23H,6-7,15-16H2,1-5H3,(H,27,30)/t19-,23+/m0/s1. The minimum absolute atomic E-state index is 0.0551. The summed E-state index contributed by atoms with van der Waals surface area (Å²) in [5.41, 5.74) is 3.13. The molecule has 0 aromatic heterocycles. The van der Waals surface area contributed by atoms with Gasteiger partial charge in [-0.15, -0.1) is 0 Å². The summed E-state index contributed by atoms with van der Waals surface area (Å²) in [6, 6.07) is 13.1. The van der Waals surface area contributed by atoms with Gasteiger partial charge in [0, 0.05) is 17.1 Å². The van der Waals surface area contributed by atoms with Gasteiger partial charge in [0.05, 0.1) is 0 Å². The smallest absolute Gasteiger partial charge is 0.261 e. The monoisotopic (exact) mass is 488 g/mol. The molecule has 0 bridgehead atoms. The molecule has 1 N–H and O–H groups in total. The minimum atomic E-state index is -0.558. The second kappa shape index (κ2) is 11.9. The van der Waals surface area contributed by atoms with Gasteiger partial charge in [-0.25, -0.2) is 0 Å². The topological polar surface area (TPSA) is 58.6 Å². The number of hydrogen-bond acceptors (Lipinski definition) is 3. The molecule has 0 heterocycles. The number of carbonyl (C=O) groups excluding carboxylic acids is 2. The van der Waals surface area contributed by atoms with Gasteiger partial charge in [-0.05, 0) is 62.9 Å². The third-order valence-electron chi connectivity index (χ3n) is 5.31. The van der Waals surface area contributed by atoms with E-state index in [0.717, 1.165) is 27.6 Å². The highest BCUT2D eigenvalue weighted by Crippen LogP contribution is 2.22. The molecule has 2 aromatic carbocycles. The summed E-state index contributed by atoms with van der Waals surface area (Å²) in [7, 11) is 0. The first-order valence-corrected chi connectivity index (χ1v) is 11.6. The van der Waals surface area contributed by atoms with Crippen LogP contribution < -0.4 is 10.1 Å². The van der Waals surface area contributed by atoms with Crippen molar-refractivity contribution in [3.63, 3.8) is 0 Å². The second-order valence-corrected chi connectivity index (χ2v) is 8.81. The van der Waals surface area contributed by atoms with E-state index < -0.39 is 6.04 Å². The fourth-order valence-electron chi connectivity index (χ4n) is 3.30. The van der Waals surface area contributed by atoms with E-state index in [1.807, 2.05) is 77.1 Å². The van der Waals surface area contributed by atoms with Gasteiger partial charge in [0.15, 0.2) is 6.61 Å². The number of carbonyl (C=O) groups is 2. The Bertz CT molecular complexity index is 900. The maximum atomic E-state index is 13.2. The van der Waals surface area contributed by atoms with Gasteiger partial charge in [0.2, 0.25) is 5.91 Å². The number of amides is 2. The minimum Gasteiger partial charge on any atom is -0.484 e. The molecule has 0 aliphatic heterocycles. The van der Waals surface area contributed by atoms with Crippen LogP contribution in [0.3, 0.4) is 0 Å². The number of ether oxygens (including phenoxy) is 1. The molecule has 6 heteroatoms. The van der Waals surface area contributed by atoms with Crippen LogP contribution in [0.15, 0.2) is 46.9 Å². The molecule has 2 aromatic rings. The van der Waals surface area contributed by atoms with Crippen molar-refractivity contribution in [2.75, 3.05) is 6.61 Å². The molecule has 5 nitrogen and oxygen atoms in total. The molecular weight excluding hydrogens is 456 g/mol. The van der Waals surface area contributed by atoms with Crippen molar-refractivity contribution in [2.24, 2.45) is 0 Å². The molecule has 168 valence electrons. The molecule has 0 saturated heterocycles. The van der Waals surface area contributed by atoms with Crippen molar-refractivity contribution in [1.29, 1.82) is 0 Å². The summed E-state index contributed by atoms with van der Waals surface area (Å²) in [5.74, 6) is 0.284. The lowest BCUT2D eigenvalue weighted by Gasteiger charge is -2.31. The highest BCUT2D eigenvalue weighted by molar-refractivity contribution is 9.10. The van der Waals surface area contributed by atoms with Crippen LogP contribution in [0.25, 0.3) is 0 Å². The lowest BCUT2D eigenvalue weighted by molar-refractivity contribution is -0.143. The maximum Gasteiger partial charge on any atom is 0.261 e. The van der Waals surface area contributed by atoms with Crippen LogP contribution in [0.2, 0.25) is 0 Å². The first-order valence-electron chi connectivity index (χ1n) is 10.8. The zero-order valence-corrected chi connectivity index (χ0v) is 20.7. The van der Waals surface area contributed by atoms with E-state index >= 15 is 0 Å². The maximum absolute atomic E-state index is 13.2. The summed E-state index contributed by atoms with van der Waals surface area (Å²) in [4.78, 5) is 27.8. The van der Waals surface area contributed by atoms with Crippen molar-refractivity contribution in [1.82, 2.24) is 10.2 Å². The Kier molecular flexibility index (Phi) is 9.56. The zero-order valence-electron chi connectivity index (χ0n) is 19.1. The predicted molar refractivity (Wildman–Crippen MR) is 128 cm³/mol. The molecule has 31 heavy (non-hydrogen) atoms. The Balaban J connectivity index is 2.22. The Morgan fingerprint density at radius 3 is 2.45 bits per heavy atom. The number of hydrogen-bond donors (Lipinski definition) is 1. The van der Waals surface area contributed by atoms with Crippen molar-refractivity contribution >= 4 is 27.7 Å². The van der Waals surface area contributed by atoms with Gasteiger partial charge < -0.3 is 15.0 Å². The Hall–Kier alpha value is -2.34. The highest BCUT2D eigenvalue weighted by atomic mass is 79.9. The van der Waals surface area contributed by atoms with E-state index in [0.29, 0.717) is 18.7 Å². The highest BCUT2D eigenvalue weighted by Gasteiger charge is 2.29. The van der Waals surface area contributed by atoms with E-state index in [1.165, 1.54) is 0 Å². The average molecular weight is 489 g/mol. The SMILES string of the molecule is CC[C@H](C(=O)N[C@@H](C)CC)N(Cc1cccc(C)c1)C(=O)COc1ccc(Br)c(C)c1. The van der Waals surface area contributed by atoms with Crippen molar-refractivity contribution in [2.45, 2.75) is 66.1 Å². The normalized spacial score (nSPS) is 12.7. The van der Waals surface area contributed by atoms with Crippen LogP contribution in [-0.2, 0) is 16.1 Å². The summed E-state index contributed by atoms with van der Waals surface area (Å²) >= 11 is 3.47. The lowest BCUT2D eigenvalue weighted by atomic mass is 10.1. The summed E-state index contributed by atoms with van der Waals surface area (Å²) in [6.07, 6.45) is 1.36. The molecule has 2 atom stereocenters. The number of aryl methyl sites for hydroxylation is 2. The molecule has 0 saturated carbocycles. The average Bonchev–Trinajstić information content (AvgIpc) is 2.74. The first-order chi connectivity index (χ1) is 14.7. The van der Waals surface area contributed by atoms with E-state index in [2.05, 4.69) is 21.2 Å². The molecular formula is C25H33BrN2O3. The van der Waals surface area contributed by atoms with Gasteiger partial charge in [-0.2, -0.15) is 0 Å². The van der Waals surface area contributed by atoms with Crippen LogP contribution in [0.4, 0.5) is 0 Å². The van der Waals surface area contributed by atoms with Gasteiger partial charge in [0.25, 0.3) is 5.91 Å². The molecule has 0 spiro atoms. The quantitative estimate of drug-likeness (QED) is 0.501. The van der Waals surface area contributed by atoms with Gasteiger partial charge in [0.1, 0.15) is 11.8 Å². The molecule has 0 aliphatic rings. The number of halogens is 1. The first kappa shape index (κ1) is 24.9. The van der Waals surface area contributed by atoms with Gasteiger partial charge in [-0.1, -0.05) is 59.6 Å². The molecule has 0 fully saturated rings. The number of benzene rings is 2. The van der Waals surface area contributed by atoms with Crippen LogP contribution in [0.5, 0.6) is 5.75 Å². The van der Waals surface area contributed by atoms with Crippen LogP contribution in [0, 0.1) is 13.8 Å². The van der Waals surface area contributed by atoms with Crippen LogP contribution in [0.1, 0.15) is 50.3 Å². The lowest BCUT2D eigenvalue weighted by Crippen LogP contribution is -2.51. The molecule has 0 unspecified atom stereocenters. The third kappa shape index (κ3) is 7.39. The van der Waals surface area contributed by atoms with E-state index in [4.69, 9.17) is 4.74 Å². The largest absolute Gasteiger partial charge is 0.484 e.